The summed E-state index contributed by atoms with van der Waals surface area (Å²) in [6.07, 6.45) is 7.77. The summed E-state index contributed by atoms with van der Waals surface area (Å²) in [7, 11) is 2.03. The summed E-state index contributed by atoms with van der Waals surface area (Å²) in [6, 6.07) is 0. The third-order valence-corrected chi connectivity index (χ3v) is 5.50. The van der Waals surface area contributed by atoms with E-state index in [1.165, 1.54) is 17.7 Å². The van der Waals surface area contributed by atoms with Crippen molar-refractivity contribution in [3.8, 4) is 0 Å². The molecule has 1 aromatic heterocycles. The van der Waals surface area contributed by atoms with Gasteiger partial charge >= 0.3 is 0 Å². The number of ether oxygens (including phenoxy) is 2. The Hall–Kier alpha value is -0.870. The fourth-order valence-electron chi connectivity index (χ4n) is 4.38. The minimum Gasteiger partial charge on any atom is -0.348 e. The summed E-state index contributed by atoms with van der Waals surface area (Å²) in [5.74, 6) is 0.373. The zero-order valence-electron chi connectivity index (χ0n) is 13.8. The second-order valence-electron chi connectivity index (χ2n) is 6.64. The minimum atomic E-state index is -0.267. The average Bonchev–Trinajstić information content (AvgIpc) is 3.10. The van der Waals surface area contributed by atoms with Crippen molar-refractivity contribution in [2.24, 2.45) is 13.0 Å². The SMILES string of the molecule is CC.Cn1cc2c(n1)C1(C)CCC3(CC1CC2)OCCO3. The first-order valence-corrected chi connectivity index (χ1v) is 8.42. The van der Waals surface area contributed by atoms with Crippen LogP contribution < -0.4 is 0 Å². The summed E-state index contributed by atoms with van der Waals surface area (Å²) >= 11 is 0. The molecular weight excluding hydrogens is 264 g/mol. The van der Waals surface area contributed by atoms with E-state index in [1.807, 2.05) is 25.6 Å². The molecule has 0 N–H and O–H groups in total. The fraction of sp³-hybridized carbons (Fsp3) is 0.824. The van der Waals surface area contributed by atoms with E-state index in [-0.39, 0.29) is 11.2 Å². The first-order chi connectivity index (χ1) is 10.1. The van der Waals surface area contributed by atoms with Gasteiger partial charge < -0.3 is 9.47 Å². The topological polar surface area (TPSA) is 36.3 Å². The maximum Gasteiger partial charge on any atom is 0.168 e. The molecule has 0 radical (unpaired) electrons. The lowest BCUT2D eigenvalue weighted by Gasteiger charge is -2.49. The van der Waals surface area contributed by atoms with Gasteiger partial charge in [-0.1, -0.05) is 20.8 Å². The monoisotopic (exact) mass is 292 g/mol. The van der Waals surface area contributed by atoms with E-state index in [0.29, 0.717) is 5.92 Å². The average molecular weight is 292 g/mol. The first-order valence-electron chi connectivity index (χ1n) is 8.42. The molecule has 2 unspecified atom stereocenters. The fourth-order valence-corrected chi connectivity index (χ4v) is 4.38. The summed E-state index contributed by atoms with van der Waals surface area (Å²) in [6.45, 7) is 7.92. The molecule has 3 aliphatic rings. The highest BCUT2D eigenvalue weighted by molar-refractivity contribution is 5.31. The standard InChI is InChI=1S/C15H22N2O2.C2H6/c1-14-5-6-15(18-7-8-19-15)9-12(14)4-3-11-10-17(2)16-13(11)14;1-2/h10,12H,3-9H2,1-2H3;1-2H3. The van der Waals surface area contributed by atoms with Crippen LogP contribution >= 0.6 is 0 Å². The molecule has 1 aliphatic heterocycles. The molecule has 1 saturated heterocycles. The van der Waals surface area contributed by atoms with Gasteiger partial charge in [-0.25, -0.2) is 0 Å². The van der Waals surface area contributed by atoms with Crippen molar-refractivity contribution in [2.75, 3.05) is 13.2 Å². The van der Waals surface area contributed by atoms with Gasteiger partial charge in [0.25, 0.3) is 0 Å². The van der Waals surface area contributed by atoms with Gasteiger partial charge in [0.1, 0.15) is 0 Å². The maximum atomic E-state index is 5.92. The lowest BCUT2D eigenvalue weighted by atomic mass is 9.59. The van der Waals surface area contributed by atoms with Gasteiger partial charge in [-0.05, 0) is 30.7 Å². The van der Waals surface area contributed by atoms with Crippen LogP contribution in [-0.4, -0.2) is 28.8 Å². The predicted molar refractivity (Wildman–Crippen MR) is 82.2 cm³/mol. The number of rotatable bonds is 0. The van der Waals surface area contributed by atoms with Gasteiger partial charge in [-0.15, -0.1) is 0 Å². The van der Waals surface area contributed by atoms with E-state index >= 15 is 0 Å². The van der Waals surface area contributed by atoms with Crippen molar-refractivity contribution in [1.82, 2.24) is 9.78 Å². The zero-order chi connectivity index (χ0) is 15.1. The summed E-state index contributed by atoms with van der Waals surface area (Å²) in [4.78, 5) is 0. The van der Waals surface area contributed by atoms with Gasteiger partial charge in [0.05, 0.1) is 18.9 Å². The van der Waals surface area contributed by atoms with Crippen LogP contribution in [0.25, 0.3) is 0 Å². The number of aromatic nitrogens is 2. The van der Waals surface area contributed by atoms with Crippen molar-refractivity contribution in [3.05, 3.63) is 17.5 Å². The molecule has 2 fully saturated rings. The summed E-state index contributed by atoms with van der Waals surface area (Å²) in [5.41, 5.74) is 3.00. The van der Waals surface area contributed by atoms with Crippen molar-refractivity contribution in [1.29, 1.82) is 0 Å². The number of fused-ring (bicyclic) bond motifs is 3. The highest BCUT2D eigenvalue weighted by atomic mass is 16.7. The van der Waals surface area contributed by atoms with Crippen molar-refractivity contribution in [2.45, 2.75) is 64.1 Å². The molecular formula is C17H28N2O2. The highest BCUT2D eigenvalue weighted by Gasteiger charge is 2.53. The van der Waals surface area contributed by atoms with Crippen molar-refractivity contribution in [3.63, 3.8) is 0 Å². The Morgan fingerprint density at radius 3 is 2.67 bits per heavy atom. The van der Waals surface area contributed by atoms with E-state index in [0.717, 1.165) is 38.9 Å². The van der Waals surface area contributed by atoms with E-state index in [4.69, 9.17) is 14.6 Å². The van der Waals surface area contributed by atoms with Crippen LogP contribution in [0.2, 0.25) is 0 Å². The normalized spacial score (nSPS) is 33.0. The molecule has 118 valence electrons. The zero-order valence-corrected chi connectivity index (χ0v) is 13.8. The van der Waals surface area contributed by atoms with Crippen molar-refractivity contribution < 1.29 is 9.47 Å². The number of nitrogens with zero attached hydrogens (tertiary/aromatic N) is 2. The Morgan fingerprint density at radius 2 is 1.95 bits per heavy atom. The third kappa shape index (κ3) is 2.33. The quantitative estimate of drug-likeness (QED) is 0.737. The summed E-state index contributed by atoms with van der Waals surface area (Å²) in [5, 5.41) is 4.76. The molecule has 0 amide bonds. The first kappa shape index (κ1) is 15.0. The Labute approximate surface area is 127 Å². The molecule has 2 heterocycles. The Bertz CT molecular complexity index is 505. The molecule has 1 spiro atoms. The maximum absolute atomic E-state index is 5.92. The lowest BCUT2D eigenvalue weighted by Crippen LogP contribution is -2.49. The number of hydrogen-bond acceptors (Lipinski definition) is 3. The molecule has 1 aromatic rings. The van der Waals surface area contributed by atoms with Crippen LogP contribution in [0.5, 0.6) is 0 Å². The molecule has 0 bridgehead atoms. The van der Waals surface area contributed by atoms with Gasteiger partial charge in [-0.3, -0.25) is 4.68 Å². The molecule has 4 rings (SSSR count). The van der Waals surface area contributed by atoms with E-state index in [2.05, 4.69) is 13.1 Å². The van der Waals surface area contributed by atoms with Crippen molar-refractivity contribution >= 4 is 0 Å². The number of aryl methyl sites for hydroxylation is 2. The highest BCUT2D eigenvalue weighted by Crippen LogP contribution is 2.53. The molecule has 2 aliphatic carbocycles. The minimum absolute atomic E-state index is 0.218. The molecule has 21 heavy (non-hydrogen) atoms. The van der Waals surface area contributed by atoms with Crippen LogP contribution in [0.3, 0.4) is 0 Å². The lowest BCUT2D eigenvalue weighted by molar-refractivity contribution is -0.199. The predicted octanol–water partition coefficient (Wildman–Crippen LogP) is 3.19. The van der Waals surface area contributed by atoms with Crippen LogP contribution in [0, 0.1) is 5.92 Å². The van der Waals surface area contributed by atoms with Gasteiger partial charge in [0, 0.05) is 31.5 Å². The molecule has 0 aromatic carbocycles. The second kappa shape index (κ2) is 5.40. The molecule has 4 heteroatoms. The molecule has 4 nitrogen and oxygen atoms in total. The van der Waals surface area contributed by atoms with Gasteiger partial charge in [-0.2, -0.15) is 5.10 Å². The smallest absolute Gasteiger partial charge is 0.168 e. The Kier molecular flexibility index (Phi) is 3.87. The number of hydrogen-bond donors (Lipinski definition) is 0. The largest absolute Gasteiger partial charge is 0.348 e. The molecule has 2 atom stereocenters. The van der Waals surface area contributed by atoms with Crippen LogP contribution in [0.15, 0.2) is 6.20 Å². The Morgan fingerprint density at radius 1 is 1.24 bits per heavy atom. The third-order valence-electron chi connectivity index (χ3n) is 5.50. The van der Waals surface area contributed by atoms with E-state index in [9.17, 15) is 0 Å². The van der Waals surface area contributed by atoms with E-state index in [1.54, 1.807) is 0 Å². The Balaban J connectivity index is 0.000000636. The van der Waals surface area contributed by atoms with Gasteiger partial charge in [0.2, 0.25) is 0 Å². The van der Waals surface area contributed by atoms with Gasteiger partial charge in [0.15, 0.2) is 5.79 Å². The van der Waals surface area contributed by atoms with Crippen LogP contribution in [0.1, 0.15) is 57.7 Å². The van der Waals surface area contributed by atoms with E-state index < -0.39 is 0 Å². The van der Waals surface area contributed by atoms with Crippen LogP contribution in [-0.2, 0) is 28.4 Å². The van der Waals surface area contributed by atoms with Crippen LogP contribution in [0.4, 0.5) is 0 Å². The summed E-state index contributed by atoms with van der Waals surface area (Å²) < 4.78 is 13.8. The second-order valence-corrected chi connectivity index (χ2v) is 6.64. The molecule has 1 saturated carbocycles.